The number of hydrogen-bond acceptors (Lipinski definition) is 4. The molecule has 1 fully saturated rings. The summed E-state index contributed by atoms with van der Waals surface area (Å²) in [6.45, 7) is 4.95. The van der Waals surface area contributed by atoms with Gasteiger partial charge in [-0.3, -0.25) is 0 Å². The van der Waals surface area contributed by atoms with Crippen molar-refractivity contribution in [1.29, 1.82) is 0 Å². The van der Waals surface area contributed by atoms with Gasteiger partial charge < -0.3 is 20.1 Å². The molecule has 2 rings (SSSR count). The third-order valence-corrected chi connectivity index (χ3v) is 4.15. The van der Waals surface area contributed by atoms with Gasteiger partial charge >= 0.3 is 0 Å². The van der Waals surface area contributed by atoms with Crippen molar-refractivity contribution in [3.63, 3.8) is 0 Å². The van der Waals surface area contributed by atoms with Gasteiger partial charge in [-0.05, 0) is 33.4 Å². The van der Waals surface area contributed by atoms with Crippen LogP contribution in [0, 0.1) is 0 Å². The summed E-state index contributed by atoms with van der Waals surface area (Å²) in [5.41, 5.74) is 1.96. The number of anilines is 1. The molecule has 1 saturated heterocycles. The van der Waals surface area contributed by atoms with Crippen molar-refractivity contribution in [3.8, 4) is 5.75 Å². The van der Waals surface area contributed by atoms with Crippen LogP contribution in [0.25, 0.3) is 0 Å². The highest BCUT2D eigenvalue weighted by Crippen LogP contribution is 2.31. The topological polar surface area (TPSA) is 44.7 Å². The van der Waals surface area contributed by atoms with Gasteiger partial charge in [0.25, 0.3) is 0 Å². The second-order valence-electron chi connectivity index (χ2n) is 5.30. The fourth-order valence-corrected chi connectivity index (χ4v) is 2.69. The number of hydrogen-bond donors (Lipinski definition) is 2. The van der Waals surface area contributed by atoms with Gasteiger partial charge in [0.05, 0.1) is 12.1 Å². The first kappa shape index (κ1) is 14.2. The van der Waals surface area contributed by atoms with Crippen LogP contribution < -0.4 is 10.2 Å². The van der Waals surface area contributed by atoms with E-state index in [1.165, 1.54) is 0 Å². The van der Waals surface area contributed by atoms with Crippen LogP contribution in [0.3, 0.4) is 0 Å². The van der Waals surface area contributed by atoms with Crippen LogP contribution in [-0.4, -0.2) is 38.0 Å². The molecule has 1 aliphatic heterocycles. The molecule has 19 heavy (non-hydrogen) atoms. The Balaban J connectivity index is 2.19. The molecule has 0 radical (unpaired) electrons. The second-order valence-corrected chi connectivity index (χ2v) is 5.30. The van der Waals surface area contributed by atoms with Gasteiger partial charge in [-0.25, -0.2) is 0 Å². The standard InChI is InChI=1S/C15H24N2O2/c1-10(16-3)13-6-5-12(9-15(13)18)17(4)14-7-8-19-11(14)2/h5-6,9-11,14,16,18H,7-8H2,1-4H3. The quantitative estimate of drug-likeness (QED) is 0.876. The van der Waals surface area contributed by atoms with Crippen LogP contribution >= 0.6 is 0 Å². The maximum absolute atomic E-state index is 10.2. The second kappa shape index (κ2) is 5.80. The fraction of sp³-hybridized carbons (Fsp3) is 0.600. The Labute approximate surface area is 115 Å². The number of likely N-dealkylation sites (N-methyl/N-ethyl adjacent to an activating group) is 1. The molecule has 1 aromatic rings. The Morgan fingerprint density at radius 1 is 1.47 bits per heavy atom. The predicted octanol–water partition coefficient (Wildman–Crippen LogP) is 2.29. The zero-order valence-corrected chi connectivity index (χ0v) is 12.2. The highest BCUT2D eigenvalue weighted by molar-refractivity contribution is 5.54. The van der Waals surface area contributed by atoms with E-state index in [4.69, 9.17) is 4.74 Å². The van der Waals surface area contributed by atoms with E-state index in [0.717, 1.165) is 24.3 Å². The van der Waals surface area contributed by atoms with E-state index in [2.05, 4.69) is 30.3 Å². The minimum Gasteiger partial charge on any atom is -0.508 e. The zero-order valence-electron chi connectivity index (χ0n) is 12.2. The smallest absolute Gasteiger partial charge is 0.122 e. The zero-order chi connectivity index (χ0) is 14.0. The molecule has 4 nitrogen and oxygen atoms in total. The highest BCUT2D eigenvalue weighted by atomic mass is 16.5. The van der Waals surface area contributed by atoms with Crippen LogP contribution in [0.5, 0.6) is 5.75 Å². The van der Waals surface area contributed by atoms with Crippen LogP contribution in [0.4, 0.5) is 5.69 Å². The van der Waals surface area contributed by atoms with E-state index >= 15 is 0 Å². The average Bonchev–Trinajstić information content (AvgIpc) is 2.83. The summed E-state index contributed by atoms with van der Waals surface area (Å²) in [5.74, 6) is 0.345. The average molecular weight is 264 g/mol. The number of rotatable bonds is 4. The molecule has 3 unspecified atom stereocenters. The van der Waals surface area contributed by atoms with Crippen molar-refractivity contribution < 1.29 is 9.84 Å². The van der Waals surface area contributed by atoms with E-state index in [0.29, 0.717) is 11.8 Å². The Kier molecular flexibility index (Phi) is 4.32. The first-order chi connectivity index (χ1) is 9.04. The molecule has 0 saturated carbocycles. The number of phenols is 1. The Bertz CT molecular complexity index is 436. The molecule has 0 bridgehead atoms. The molecule has 1 heterocycles. The molecule has 0 spiro atoms. The summed E-state index contributed by atoms with van der Waals surface area (Å²) < 4.78 is 5.60. The number of aromatic hydroxyl groups is 1. The third-order valence-electron chi connectivity index (χ3n) is 4.15. The van der Waals surface area contributed by atoms with Gasteiger partial charge in [0, 0.05) is 37.0 Å². The lowest BCUT2D eigenvalue weighted by atomic mass is 10.0. The molecule has 0 aliphatic carbocycles. The lowest BCUT2D eigenvalue weighted by Gasteiger charge is -2.29. The normalized spacial score (nSPS) is 24.4. The summed E-state index contributed by atoms with van der Waals surface area (Å²) in [6, 6.07) is 6.42. The van der Waals surface area contributed by atoms with E-state index in [-0.39, 0.29) is 12.1 Å². The van der Waals surface area contributed by atoms with Crippen molar-refractivity contribution in [1.82, 2.24) is 5.32 Å². The van der Waals surface area contributed by atoms with Gasteiger partial charge in [0.2, 0.25) is 0 Å². The number of phenolic OH excluding ortho intramolecular Hbond substituents is 1. The van der Waals surface area contributed by atoms with Crippen molar-refractivity contribution in [2.75, 3.05) is 25.6 Å². The lowest BCUT2D eigenvalue weighted by Crippen LogP contribution is -2.36. The van der Waals surface area contributed by atoms with Gasteiger partial charge in [-0.15, -0.1) is 0 Å². The monoisotopic (exact) mass is 264 g/mol. The van der Waals surface area contributed by atoms with Crippen molar-refractivity contribution >= 4 is 5.69 Å². The van der Waals surface area contributed by atoms with Crippen molar-refractivity contribution in [2.24, 2.45) is 0 Å². The van der Waals surface area contributed by atoms with E-state index in [9.17, 15) is 5.11 Å². The van der Waals surface area contributed by atoms with Crippen LogP contribution in [-0.2, 0) is 4.74 Å². The molecule has 0 aromatic heterocycles. The minimum absolute atomic E-state index is 0.146. The Morgan fingerprint density at radius 2 is 2.21 bits per heavy atom. The summed E-state index contributed by atoms with van der Waals surface area (Å²) >= 11 is 0. The fourth-order valence-electron chi connectivity index (χ4n) is 2.69. The number of nitrogens with one attached hydrogen (secondary N) is 1. The number of ether oxygens (including phenoxy) is 1. The minimum atomic E-state index is 0.146. The van der Waals surface area contributed by atoms with E-state index < -0.39 is 0 Å². The van der Waals surface area contributed by atoms with Crippen molar-refractivity contribution in [2.45, 2.75) is 38.5 Å². The number of benzene rings is 1. The van der Waals surface area contributed by atoms with Crippen LogP contribution in [0.15, 0.2) is 18.2 Å². The lowest BCUT2D eigenvalue weighted by molar-refractivity contribution is 0.118. The largest absolute Gasteiger partial charge is 0.508 e. The Hall–Kier alpha value is -1.26. The third kappa shape index (κ3) is 2.85. The van der Waals surface area contributed by atoms with Gasteiger partial charge in [-0.2, -0.15) is 0 Å². The molecule has 3 atom stereocenters. The SMILES string of the molecule is CNC(C)c1ccc(N(C)C2CCOC2C)cc1O. The summed E-state index contributed by atoms with van der Waals surface area (Å²) in [6.07, 6.45) is 1.27. The van der Waals surface area contributed by atoms with E-state index in [1.807, 2.05) is 26.1 Å². The van der Waals surface area contributed by atoms with Crippen LogP contribution in [0.2, 0.25) is 0 Å². The van der Waals surface area contributed by atoms with Gasteiger partial charge in [0.15, 0.2) is 0 Å². The van der Waals surface area contributed by atoms with Gasteiger partial charge in [-0.1, -0.05) is 6.07 Å². The molecule has 106 valence electrons. The molecule has 0 amide bonds. The first-order valence-corrected chi connectivity index (χ1v) is 6.89. The van der Waals surface area contributed by atoms with Crippen molar-refractivity contribution in [3.05, 3.63) is 23.8 Å². The molecular formula is C15H24N2O2. The first-order valence-electron chi connectivity index (χ1n) is 6.89. The van der Waals surface area contributed by atoms with Crippen LogP contribution in [0.1, 0.15) is 31.9 Å². The maximum Gasteiger partial charge on any atom is 0.122 e. The number of nitrogens with zero attached hydrogens (tertiary/aromatic N) is 1. The molecule has 2 N–H and O–H groups in total. The highest BCUT2D eigenvalue weighted by Gasteiger charge is 2.28. The summed E-state index contributed by atoms with van der Waals surface area (Å²) in [5, 5.41) is 13.3. The molecule has 1 aromatic carbocycles. The Morgan fingerprint density at radius 3 is 2.74 bits per heavy atom. The molecule has 1 aliphatic rings. The summed E-state index contributed by atoms with van der Waals surface area (Å²) in [4.78, 5) is 2.20. The van der Waals surface area contributed by atoms with Gasteiger partial charge in [0.1, 0.15) is 5.75 Å². The maximum atomic E-state index is 10.2. The van der Waals surface area contributed by atoms with E-state index in [1.54, 1.807) is 0 Å². The summed E-state index contributed by atoms with van der Waals surface area (Å²) in [7, 11) is 3.95. The molecule has 4 heteroatoms. The predicted molar refractivity (Wildman–Crippen MR) is 77.8 cm³/mol. The molecular weight excluding hydrogens is 240 g/mol.